The Hall–Kier alpha value is -3.18. The van der Waals surface area contributed by atoms with E-state index in [4.69, 9.17) is 4.74 Å². The summed E-state index contributed by atoms with van der Waals surface area (Å²) in [6.45, 7) is 3.43. The summed E-state index contributed by atoms with van der Waals surface area (Å²) < 4.78 is 8.62. The number of ketones is 2. The number of carbonyl (C=O) groups excluding carboxylic acids is 2. The summed E-state index contributed by atoms with van der Waals surface area (Å²) in [5.74, 6) is 0.410. The number of ether oxygens (including phenoxy) is 1. The molecule has 0 aliphatic heterocycles. The van der Waals surface area contributed by atoms with Crippen LogP contribution in [0.4, 0.5) is 0 Å². The van der Waals surface area contributed by atoms with E-state index >= 15 is 0 Å². The standard InChI is InChI=1S/C25H20BrNO3/c1-16-25(17(2)28)20-13-24(30-15-23(29)18-9-5-3-6-10-18)21(26)14-22(20)27(16)19-11-7-4-8-12-19/h3-14H,15H2,1-2H3. The maximum atomic E-state index is 12.5. The Morgan fingerprint density at radius 1 is 0.967 bits per heavy atom. The molecule has 4 aromatic rings. The van der Waals surface area contributed by atoms with Gasteiger partial charge in [-0.2, -0.15) is 0 Å². The number of hydrogen-bond donors (Lipinski definition) is 0. The molecule has 0 spiro atoms. The monoisotopic (exact) mass is 461 g/mol. The van der Waals surface area contributed by atoms with E-state index in [-0.39, 0.29) is 18.2 Å². The van der Waals surface area contributed by atoms with Gasteiger partial charge in [0.1, 0.15) is 5.75 Å². The minimum absolute atomic E-state index is 0.0131. The molecule has 0 aliphatic carbocycles. The van der Waals surface area contributed by atoms with Crippen molar-refractivity contribution in [3.63, 3.8) is 0 Å². The van der Waals surface area contributed by atoms with Crippen LogP contribution in [-0.2, 0) is 0 Å². The second-order valence-electron chi connectivity index (χ2n) is 7.07. The second-order valence-corrected chi connectivity index (χ2v) is 7.92. The Morgan fingerprint density at radius 3 is 2.23 bits per heavy atom. The lowest BCUT2D eigenvalue weighted by atomic mass is 10.1. The lowest BCUT2D eigenvalue weighted by Crippen LogP contribution is -2.11. The van der Waals surface area contributed by atoms with Crippen LogP contribution in [-0.4, -0.2) is 22.7 Å². The van der Waals surface area contributed by atoms with Gasteiger partial charge in [-0.15, -0.1) is 0 Å². The predicted molar refractivity (Wildman–Crippen MR) is 122 cm³/mol. The van der Waals surface area contributed by atoms with E-state index in [0.29, 0.717) is 16.9 Å². The summed E-state index contributed by atoms with van der Waals surface area (Å²) in [5.41, 5.74) is 4.00. The normalized spacial score (nSPS) is 10.9. The van der Waals surface area contributed by atoms with Crippen molar-refractivity contribution >= 4 is 38.4 Å². The van der Waals surface area contributed by atoms with Gasteiger partial charge >= 0.3 is 0 Å². The zero-order valence-electron chi connectivity index (χ0n) is 16.7. The van der Waals surface area contributed by atoms with Gasteiger partial charge in [-0.3, -0.25) is 9.59 Å². The molecule has 0 unspecified atom stereocenters. The second kappa shape index (κ2) is 8.28. The number of fused-ring (bicyclic) bond motifs is 1. The third-order valence-corrected chi connectivity index (χ3v) is 5.70. The van der Waals surface area contributed by atoms with Gasteiger partial charge in [0.2, 0.25) is 0 Å². The first-order chi connectivity index (χ1) is 14.5. The fraction of sp³-hybridized carbons (Fsp3) is 0.120. The first-order valence-corrected chi connectivity index (χ1v) is 10.4. The summed E-state index contributed by atoms with van der Waals surface area (Å²) in [5, 5.41) is 0.800. The minimum atomic E-state index is -0.104. The molecular weight excluding hydrogens is 442 g/mol. The maximum Gasteiger partial charge on any atom is 0.200 e. The van der Waals surface area contributed by atoms with Gasteiger partial charge in [0.15, 0.2) is 18.2 Å². The van der Waals surface area contributed by atoms with Gasteiger partial charge in [0.25, 0.3) is 0 Å². The largest absolute Gasteiger partial charge is 0.484 e. The van der Waals surface area contributed by atoms with Crippen LogP contribution in [0.15, 0.2) is 77.3 Å². The predicted octanol–water partition coefficient (Wildman–Crippen LogP) is 6.17. The SMILES string of the molecule is CC(=O)c1c(C)n(-c2ccccc2)c2cc(Br)c(OCC(=O)c3ccccc3)cc12. The number of hydrogen-bond acceptors (Lipinski definition) is 3. The van der Waals surface area contributed by atoms with Crippen molar-refractivity contribution in [3.05, 3.63) is 94.1 Å². The molecule has 0 saturated carbocycles. The van der Waals surface area contributed by atoms with E-state index in [2.05, 4.69) is 20.5 Å². The van der Waals surface area contributed by atoms with Gasteiger partial charge in [0, 0.05) is 27.9 Å². The molecule has 1 aromatic heterocycles. The van der Waals surface area contributed by atoms with E-state index in [0.717, 1.165) is 26.8 Å². The van der Waals surface area contributed by atoms with Crippen LogP contribution in [0, 0.1) is 6.92 Å². The molecule has 4 rings (SSSR count). The number of halogens is 1. The molecular formula is C25H20BrNO3. The van der Waals surface area contributed by atoms with Crippen LogP contribution in [0.25, 0.3) is 16.6 Å². The van der Waals surface area contributed by atoms with Crippen LogP contribution in [0.1, 0.15) is 33.3 Å². The average Bonchev–Trinajstić information content (AvgIpc) is 3.03. The van der Waals surface area contributed by atoms with Crippen LogP contribution >= 0.6 is 15.9 Å². The third-order valence-electron chi connectivity index (χ3n) is 5.08. The smallest absolute Gasteiger partial charge is 0.200 e. The maximum absolute atomic E-state index is 12.5. The number of carbonyl (C=O) groups is 2. The minimum Gasteiger partial charge on any atom is -0.484 e. The van der Waals surface area contributed by atoms with Crippen molar-refractivity contribution in [1.82, 2.24) is 4.57 Å². The number of aromatic nitrogens is 1. The van der Waals surface area contributed by atoms with Crippen molar-refractivity contribution in [2.24, 2.45) is 0 Å². The molecule has 0 radical (unpaired) electrons. The van der Waals surface area contributed by atoms with Crippen molar-refractivity contribution in [2.45, 2.75) is 13.8 Å². The molecule has 150 valence electrons. The van der Waals surface area contributed by atoms with Gasteiger partial charge in [-0.25, -0.2) is 0 Å². The van der Waals surface area contributed by atoms with E-state index in [1.54, 1.807) is 19.1 Å². The third kappa shape index (κ3) is 3.68. The highest BCUT2D eigenvalue weighted by Crippen LogP contribution is 2.37. The van der Waals surface area contributed by atoms with Gasteiger partial charge < -0.3 is 9.30 Å². The molecule has 0 fully saturated rings. The first kappa shape index (κ1) is 20.1. The van der Waals surface area contributed by atoms with E-state index in [9.17, 15) is 9.59 Å². The molecule has 0 aliphatic rings. The molecule has 30 heavy (non-hydrogen) atoms. The molecule has 0 N–H and O–H groups in total. The van der Waals surface area contributed by atoms with Crippen molar-refractivity contribution < 1.29 is 14.3 Å². The fourth-order valence-electron chi connectivity index (χ4n) is 3.73. The summed E-state index contributed by atoms with van der Waals surface area (Å²) >= 11 is 3.57. The van der Waals surface area contributed by atoms with Crippen molar-refractivity contribution in [1.29, 1.82) is 0 Å². The topological polar surface area (TPSA) is 48.3 Å². The Labute approximate surface area is 183 Å². The average molecular weight is 462 g/mol. The van der Waals surface area contributed by atoms with Crippen LogP contribution in [0.5, 0.6) is 5.75 Å². The number of Topliss-reactive ketones (excluding diaryl/α,β-unsaturated/α-hetero) is 2. The van der Waals surface area contributed by atoms with Gasteiger partial charge in [-0.05, 0) is 54.0 Å². The highest BCUT2D eigenvalue weighted by atomic mass is 79.9. The molecule has 0 amide bonds. The molecule has 5 heteroatoms. The number of benzene rings is 3. The van der Waals surface area contributed by atoms with Crippen molar-refractivity contribution in [2.75, 3.05) is 6.61 Å². The van der Waals surface area contributed by atoms with Crippen LogP contribution in [0.2, 0.25) is 0 Å². The van der Waals surface area contributed by atoms with E-state index < -0.39 is 0 Å². The quantitative estimate of drug-likeness (QED) is 0.322. The summed E-state index contributed by atoms with van der Waals surface area (Å²) in [6.07, 6.45) is 0. The van der Waals surface area contributed by atoms with E-state index in [1.165, 1.54) is 0 Å². The summed E-state index contributed by atoms with van der Waals surface area (Å²) in [6, 6.07) is 22.7. The highest BCUT2D eigenvalue weighted by molar-refractivity contribution is 9.10. The van der Waals surface area contributed by atoms with Gasteiger partial charge in [0.05, 0.1) is 9.99 Å². The van der Waals surface area contributed by atoms with Crippen LogP contribution in [0.3, 0.4) is 0 Å². The van der Waals surface area contributed by atoms with Crippen molar-refractivity contribution in [3.8, 4) is 11.4 Å². The lowest BCUT2D eigenvalue weighted by molar-refractivity contribution is 0.0920. The number of nitrogens with zero attached hydrogens (tertiary/aromatic N) is 1. The zero-order valence-corrected chi connectivity index (χ0v) is 18.3. The number of para-hydroxylation sites is 1. The fourth-order valence-corrected chi connectivity index (χ4v) is 4.18. The molecule has 0 atom stereocenters. The Balaban J connectivity index is 1.77. The highest BCUT2D eigenvalue weighted by Gasteiger charge is 2.21. The summed E-state index contributed by atoms with van der Waals surface area (Å²) in [7, 11) is 0. The summed E-state index contributed by atoms with van der Waals surface area (Å²) in [4.78, 5) is 24.9. The molecule has 0 saturated heterocycles. The molecule has 4 nitrogen and oxygen atoms in total. The van der Waals surface area contributed by atoms with Gasteiger partial charge in [-0.1, -0.05) is 48.5 Å². The van der Waals surface area contributed by atoms with Crippen LogP contribution < -0.4 is 4.74 Å². The van der Waals surface area contributed by atoms with E-state index in [1.807, 2.05) is 67.6 Å². The number of rotatable bonds is 6. The molecule has 3 aromatic carbocycles. The lowest BCUT2D eigenvalue weighted by Gasteiger charge is -2.11. The zero-order chi connectivity index (χ0) is 21.3. The molecule has 0 bridgehead atoms. The Bertz CT molecular complexity index is 1240. The first-order valence-electron chi connectivity index (χ1n) is 9.59. The Kier molecular flexibility index (Phi) is 5.55. The molecule has 1 heterocycles. The Morgan fingerprint density at radius 2 is 1.60 bits per heavy atom.